The van der Waals surface area contributed by atoms with Gasteiger partial charge in [0.1, 0.15) is 0 Å². The number of sulfonamides is 1. The Bertz CT molecular complexity index is 989. The van der Waals surface area contributed by atoms with E-state index in [4.69, 9.17) is 0 Å². The van der Waals surface area contributed by atoms with E-state index < -0.39 is 27.7 Å². The summed E-state index contributed by atoms with van der Waals surface area (Å²) in [6.07, 6.45) is -0.0849. The molecular formula is C18H17N3O5S. The zero-order chi connectivity index (χ0) is 19.4. The summed E-state index contributed by atoms with van der Waals surface area (Å²) >= 11 is 0. The second kappa shape index (κ2) is 7.58. The number of hydrogen-bond acceptors (Lipinski definition) is 5. The first-order chi connectivity index (χ1) is 12.9. The molecule has 3 rings (SSSR count). The molecule has 1 saturated heterocycles. The van der Waals surface area contributed by atoms with Gasteiger partial charge in [-0.3, -0.25) is 14.4 Å². The summed E-state index contributed by atoms with van der Waals surface area (Å²) in [5.41, 5.74) is 0.866. The Labute approximate surface area is 156 Å². The lowest BCUT2D eigenvalue weighted by Gasteiger charge is -2.15. The van der Waals surface area contributed by atoms with E-state index >= 15 is 0 Å². The number of carbonyl (C=O) groups is 3. The highest BCUT2D eigenvalue weighted by atomic mass is 32.2. The molecule has 0 aromatic heterocycles. The lowest BCUT2D eigenvalue weighted by molar-refractivity contribution is -0.116. The van der Waals surface area contributed by atoms with Gasteiger partial charge in [-0.25, -0.2) is 12.7 Å². The summed E-state index contributed by atoms with van der Waals surface area (Å²) in [6.45, 7) is -0.251. The number of hydrogen-bond donors (Lipinski definition) is 2. The Morgan fingerprint density at radius 3 is 2.44 bits per heavy atom. The molecular weight excluding hydrogens is 370 g/mol. The summed E-state index contributed by atoms with van der Waals surface area (Å²) < 4.78 is 24.7. The predicted molar refractivity (Wildman–Crippen MR) is 99.7 cm³/mol. The molecule has 0 unspecified atom stereocenters. The van der Waals surface area contributed by atoms with Gasteiger partial charge in [0.15, 0.2) is 0 Å². The van der Waals surface area contributed by atoms with Crippen molar-refractivity contribution in [2.24, 2.45) is 0 Å². The Morgan fingerprint density at radius 2 is 1.78 bits per heavy atom. The Balaban J connectivity index is 1.65. The topological polar surface area (TPSA) is 113 Å². The number of nitrogens with one attached hydrogen (secondary N) is 2. The zero-order valence-corrected chi connectivity index (χ0v) is 15.0. The minimum absolute atomic E-state index is 0.0849. The van der Waals surface area contributed by atoms with Crippen molar-refractivity contribution in [3.05, 3.63) is 60.2 Å². The molecule has 3 amide bonds. The van der Waals surface area contributed by atoms with Gasteiger partial charge in [0.2, 0.25) is 21.8 Å². The fourth-order valence-electron chi connectivity index (χ4n) is 2.63. The van der Waals surface area contributed by atoms with Gasteiger partial charge < -0.3 is 10.6 Å². The maximum Gasteiger partial charge on any atom is 0.251 e. The van der Waals surface area contributed by atoms with Gasteiger partial charge in [-0.1, -0.05) is 24.3 Å². The van der Waals surface area contributed by atoms with E-state index in [1.165, 1.54) is 24.3 Å². The van der Waals surface area contributed by atoms with Gasteiger partial charge in [0.05, 0.1) is 18.0 Å². The summed E-state index contributed by atoms with van der Waals surface area (Å²) in [5.74, 6) is -1.73. The molecule has 1 fully saturated rings. The molecule has 0 spiro atoms. The molecule has 0 saturated carbocycles. The van der Waals surface area contributed by atoms with E-state index in [9.17, 15) is 22.8 Å². The maximum atomic E-state index is 12.3. The smallest absolute Gasteiger partial charge is 0.251 e. The molecule has 1 heterocycles. The Kier molecular flexibility index (Phi) is 5.22. The highest BCUT2D eigenvalue weighted by molar-refractivity contribution is 7.94. The van der Waals surface area contributed by atoms with Gasteiger partial charge in [-0.2, -0.15) is 0 Å². The van der Waals surface area contributed by atoms with Crippen LogP contribution >= 0.6 is 0 Å². The van der Waals surface area contributed by atoms with Gasteiger partial charge >= 0.3 is 0 Å². The third-order valence-electron chi connectivity index (χ3n) is 3.89. The average molecular weight is 387 g/mol. The normalized spacial score (nSPS) is 15.4. The first-order valence-corrected chi connectivity index (χ1v) is 9.77. The van der Waals surface area contributed by atoms with Crippen molar-refractivity contribution in [2.75, 3.05) is 21.9 Å². The van der Waals surface area contributed by atoms with Crippen LogP contribution in [0.25, 0.3) is 0 Å². The SMILES string of the molecule is O=C(CNC(=O)c1cccc(N2C(=O)CCS2(=O)=O)c1)Nc1ccccc1. The monoisotopic (exact) mass is 387 g/mol. The largest absolute Gasteiger partial charge is 0.343 e. The highest BCUT2D eigenvalue weighted by Gasteiger charge is 2.36. The summed E-state index contributed by atoms with van der Waals surface area (Å²) in [4.78, 5) is 36.0. The summed E-state index contributed by atoms with van der Waals surface area (Å²) in [7, 11) is -3.70. The standard InChI is InChI=1S/C18H17N3O5S/c22-16(20-14-6-2-1-3-7-14)12-19-18(24)13-5-4-8-15(11-13)21-17(23)9-10-27(21,25)26/h1-8,11H,9-10,12H2,(H,19,24)(H,20,22). The van der Waals surface area contributed by atoms with Crippen LogP contribution < -0.4 is 14.9 Å². The molecule has 0 bridgehead atoms. The van der Waals surface area contributed by atoms with Gasteiger partial charge in [-0.05, 0) is 30.3 Å². The third kappa shape index (κ3) is 4.32. The van der Waals surface area contributed by atoms with Crippen molar-refractivity contribution in [2.45, 2.75) is 6.42 Å². The fraction of sp³-hybridized carbons (Fsp3) is 0.167. The van der Waals surface area contributed by atoms with Crippen molar-refractivity contribution in [1.29, 1.82) is 0 Å². The number of benzene rings is 2. The molecule has 2 aromatic carbocycles. The second-order valence-corrected chi connectivity index (χ2v) is 7.81. The van der Waals surface area contributed by atoms with E-state index in [0.29, 0.717) is 9.99 Å². The Morgan fingerprint density at radius 1 is 1.04 bits per heavy atom. The summed E-state index contributed by atoms with van der Waals surface area (Å²) in [6, 6.07) is 14.5. The first-order valence-electron chi connectivity index (χ1n) is 8.16. The lowest BCUT2D eigenvalue weighted by atomic mass is 10.2. The molecule has 9 heteroatoms. The molecule has 0 atom stereocenters. The van der Waals surface area contributed by atoms with Gasteiger partial charge in [0, 0.05) is 17.7 Å². The third-order valence-corrected chi connectivity index (χ3v) is 5.58. The zero-order valence-electron chi connectivity index (χ0n) is 14.2. The van der Waals surface area contributed by atoms with Crippen LogP contribution in [-0.2, 0) is 19.6 Å². The molecule has 27 heavy (non-hydrogen) atoms. The van der Waals surface area contributed by atoms with E-state index in [1.807, 2.05) is 6.07 Å². The van der Waals surface area contributed by atoms with Crippen molar-refractivity contribution >= 4 is 39.1 Å². The second-order valence-electron chi connectivity index (χ2n) is 5.87. The van der Waals surface area contributed by atoms with E-state index in [1.54, 1.807) is 24.3 Å². The van der Waals surface area contributed by atoms with Crippen LogP contribution in [0, 0.1) is 0 Å². The average Bonchev–Trinajstić information content (AvgIpc) is 2.93. The number of para-hydroxylation sites is 1. The number of carbonyl (C=O) groups excluding carboxylic acids is 3. The molecule has 1 aliphatic heterocycles. The van der Waals surface area contributed by atoms with Crippen molar-refractivity contribution in [3.8, 4) is 0 Å². The van der Waals surface area contributed by atoms with Gasteiger partial charge in [-0.15, -0.1) is 0 Å². The molecule has 2 aromatic rings. The van der Waals surface area contributed by atoms with Crippen LogP contribution in [0.2, 0.25) is 0 Å². The van der Waals surface area contributed by atoms with Crippen LogP contribution in [0.1, 0.15) is 16.8 Å². The molecule has 140 valence electrons. The number of anilines is 2. The van der Waals surface area contributed by atoms with E-state index in [0.717, 1.165) is 0 Å². The quantitative estimate of drug-likeness (QED) is 0.798. The number of nitrogens with zero attached hydrogens (tertiary/aromatic N) is 1. The minimum Gasteiger partial charge on any atom is -0.343 e. The van der Waals surface area contributed by atoms with Crippen LogP contribution in [0.5, 0.6) is 0 Å². The number of amides is 3. The van der Waals surface area contributed by atoms with Crippen LogP contribution in [0.4, 0.5) is 11.4 Å². The Hall–Kier alpha value is -3.20. The first kappa shape index (κ1) is 18.6. The molecule has 0 radical (unpaired) electrons. The minimum atomic E-state index is -3.70. The van der Waals surface area contributed by atoms with E-state index in [2.05, 4.69) is 10.6 Å². The lowest BCUT2D eigenvalue weighted by Crippen LogP contribution is -2.33. The highest BCUT2D eigenvalue weighted by Crippen LogP contribution is 2.25. The van der Waals surface area contributed by atoms with Crippen molar-refractivity contribution in [1.82, 2.24) is 5.32 Å². The van der Waals surface area contributed by atoms with Crippen molar-refractivity contribution in [3.63, 3.8) is 0 Å². The fourth-order valence-corrected chi connectivity index (χ4v) is 4.08. The van der Waals surface area contributed by atoms with Crippen LogP contribution in [0.3, 0.4) is 0 Å². The molecule has 8 nitrogen and oxygen atoms in total. The van der Waals surface area contributed by atoms with Gasteiger partial charge in [0.25, 0.3) is 5.91 Å². The molecule has 2 N–H and O–H groups in total. The van der Waals surface area contributed by atoms with Crippen LogP contribution in [0.15, 0.2) is 54.6 Å². The number of rotatable bonds is 5. The summed E-state index contributed by atoms with van der Waals surface area (Å²) in [5, 5.41) is 5.10. The van der Waals surface area contributed by atoms with E-state index in [-0.39, 0.29) is 30.0 Å². The maximum absolute atomic E-state index is 12.3. The molecule has 1 aliphatic rings. The predicted octanol–water partition coefficient (Wildman–Crippen LogP) is 1.12. The van der Waals surface area contributed by atoms with Crippen molar-refractivity contribution < 1.29 is 22.8 Å². The van der Waals surface area contributed by atoms with Crippen LogP contribution in [-0.4, -0.2) is 38.4 Å². The molecule has 0 aliphatic carbocycles.